The molecule has 0 aliphatic carbocycles. The highest BCUT2D eigenvalue weighted by Crippen LogP contribution is 2.26. The van der Waals surface area contributed by atoms with E-state index in [0.717, 1.165) is 17.7 Å². The maximum Gasteiger partial charge on any atom is 0.142 e. The van der Waals surface area contributed by atoms with Gasteiger partial charge in [0, 0.05) is 16.5 Å². The molecule has 0 amide bonds. The molecule has 0 saturated heterocycles. The molecular weight excluding hydrogens is 269 g/mol. The number of likely N-dealkylation sites (N-methyl/N-ethyl adjacent to an activating group) is 1. The summed E-state index contributed by atoms with van der Waals surface area (Å²) in [6, 6.07) is 5.29. The molecule has 1 unspecified atom stereocenters. The van der Waals surface area contributed by atoms with Crippen LogP contribution in [0.2, 0.25) is 5.02 Å². The van der Waals surface area contributed by atoms with Crippen molar-refractivity contribution in [2.24, 2.45) is 0 Å². The minimum atomic E-state index is -0.340. The van der Waals surface area contributed by atoms with Crippen molar-refractivity contribution in [1.82, 2.24) is 5.32 Å². The lowest BCUT2D eigenvalue weighted by Gasteiger charge is -2.23. The minimum Gasteiger partial charge on any atom is -0.316 e. The third kappa shape index (κ3) is 5.17. The molecule has 0 radical (unpaired) electrons. The van der Waals surface area contributed by atoms with Crippen LogP contribution in [0.3, 0.4) is 0 Å². The lowest BCUT2D eigenvalue weighted by atomic mass is 10.1. The predicted octanol–water partition coefficient (Wildman–Crippen LogP) is 4.14. The van der Waals surface area contributed by atoms with E-state index < -0.39 is 0 Å². The van der Waals surface area contributed by atoms with E-state index in [1.54, 1.807) is 6.07 Å². The molecule has 1 rings (SSSR count). The Kier molecular flexibility index (Phi) is 5.96. The molecule has 0 fully saturated rings. The molecule has 18 heavy (non-hydrogen) atoms. The Morgan fingerprint density at radius 2 is 2.06 bits per heavy atom. The lowest BCUT2D eigenvalue weighted by Crippen LogP contribution is -2.31. The van der Waals surface area contributed by atoms with Gasteiger partial charge in [0.15, 0.2) is 0 Å². The SMILES string of the molecule is CNC(CSC(C)(C)C)Cc1cccc(F)c1Cl. The highest BCUT2D eigenvalue weighted by atomic mass is 35.5. The van der Waals surface area contributed by atoms with Crippen LogP contribution < -0.4 is 5.32 Å². The van der Waals surface area contributed by atoms with Crippen LogP contribution in [0.1, 0.15) is 26.3 Å². The van der Waals surface area contributed by atoms with Crippen LogP contribution >= 0.6 is 23.4 Å². The van der Waals surface area contributed by atoms with Crippen LogP contribution in [-0.2, 0) is 6.42 Å². The first-order chi connectivity index (χ1) is 8.33. The van der Waals surface area contributed by atoms with Crippen LogP contribution in [-0.4, -0.2) is 23.6 Å². The Labute approximate surface area is 118 Å². The van der Waals surface area contributed by atoms with Gasteiger partial charge in [-0.1, -0.05) is 44.5 Å². The van der Waals surface area contributed by atoms with Gasteiger partial charge in [0.2, 0.25) is 0 Å². The molecule has 0 heterocycles. The highest BCUT2D eigenvalue weighted by molar-refractivity contribution is 8.00. The Hall–Kier alpha value is -0.250. The zero-order valence-corrected chi connectivity index (χ0v) is 13.0. The van der Waals surface area contributed by atoms with Crippen molar-refractivity contribution in [3.63, 3.8) is 0 Å². The van der Waals surface area contributed by atoms with Crippen molar-refractivity contribution >= 4 is 23.4 Å². The molecule has 0 aromatic heterocycles. The zero-order valence-electron chi connectivity index (χ0n) is 11.4. The summed E-state index contributed by atoms with van der Waals surface area (Å²) in [7, 11) is 1.93. The third-order valence-corrected chi connectivity index (χ3v) is 4.48. The van der Waals surface area contributed by atoms with E-state index in [4.69, 9.17) is 11.6 Å². The van der Waals surface area contributed by atoms with Gasteiger partial charge < -0.3 is 5.32 Å². The fourth-order valence-corrected chi connectivity index (χ4v) is 2.76. The topological polar surface area (TPSA) is 12.0 Å². The van der Waals surface area contributed by atoms with Crippen LogP contribution in [0.15, 0.2) is 18.2 Å². The summed E-state index contributed by atoms with van der Waals surface area (Å²) >= 11 is 7.87. The molecule has 0 saturated carbocycles. The first kappa shape index (κ1) is 15.8. The summed E-state index contributed by atoms with van der Waals surface area (Å²) in [5.74, 6) is 0.639. The lowest BCUT2D eigenvalue weighted by molar-refractivity contribution is 0.601. The van der Waals surface area contributed by atoms with Crippen molar-refractivity contribution in [2.75, 3.05) is 12.8 Å². The number of hydrogen-bond donors (Lipinski definition) is 1. The predicted molar refractivity (Wildman–Crippen MR) is 80.2 cm³/mol. The molecule has 1 nitrogen and oxygen atoms in total. The van der Waals surface area contributed by atoms with Gasteiger partial charge in [0.1, 0.15) is 5.82 Å². The van der Waals surface area contributed by atoms with Gasteiger partial charge in [-0.15, -0.1) is 0 Å². The van der Waals surface area contributed by atoms with Crippen molar-refractivity contribution in [3.05, 3.63) is 34.6 Å². The summed E-state index contributed by atoms with van der Waals surface area (Å²) in [5.41, 5.74) is 0.866. The van der Waals surface area contributed by atoms with Crippen LogP contribution in [0.4, 0.5) is 4.39 Å². The van der Waals surface area contributed by atoms with Crippen LogP contribution in [0, 0.1) is 5.82 Å². The molecule has 0 aliphatic heterocycles. The van der Waals surface area contributed by atoms with Crippen molar-refractivity contribution in [2.45, 2.75) is 38.0 Å². The summed E-state index contributed by atoms with van der Waals surface area (Å²) in [4.78, 5) is 0. The highest BCUT2D eigenvalue weighted by Gasteiger charge is 2.16. The minimum absolute atomic E-state index is 0.237. The monoisotopic (exact) mass is 289 g/mol. The smallest absolute Gasteiger partial charge is 0.142 e. The van der Waals surface area contributed by atoms with Gasteiger partial charge in [-0.05, 0) is 25.1 Å². The van der Waals surface area contributed by atoms with Crippen LogP contribution in [0.5, 0.6) is 0 Å². The number of hydrogen-bond acceptors (Lipinski definition) is 2. The van der Waals surface area contributed by atoms with E-state index in [1.165, 1.54) is 6.07 Å². The largest absolute Gasteiger partial charge is 0.316 e. The number of benzene rings is 1. The second-order valence-corrected chi connectivity index (χ2v) is 7.55. The van der Waals surface area contributed by atoms with Gasteiger partial charge in [-0.2, -0.15) is 11.8 Å². The first-order valence-electron chi connectivity index (χ1n) is 6.07. The summed E-state index contributed by atoms with van der Waals surface area (Å²) in [6.45, 7) is 6.58. The standard InChI is InChI=1S/C14H21ClFNS/c1-14(2,3)18-9-11(17-4)8-10-6-5-7-12(16)13(10)15/h5-7,11,17H,8-9H2,1-4H3. The average molecular weight is 290 g/mol. The molecular formula is C14H21ClFNS. The first-order valence-corrected chi connectivity index (χ1v) is 7.44. The number of nitrogens with one attached hydrogen (secondary N) is 1. The summed E-state index contributed by atoms with van der Waals surface area (Å²) in [5, 5.41) is 3.52. The van der Waals surface area contributed by atoms with Gasteiger partial charge in [-0.3, -0.25) is 0 Å². The van der Waals surface area contributed by atoms with E-state index in [2.05, 4.69) is 26.1 Å². The Morgan fingerprint density at radius 1 is 1.39 bits per heavy atom. The average Bonchev–Trinajstić information content (AvgIpc) is 2.28. The fourth-order valence-electron chi connectivity index (χ4n) is 1.57. The van der Waals surface area contributed by atoms with Gasteiger partial charge in [0.25, 0.3) is 0 Å². The Balaban J connectivity index is 2.65. The summed E-state index contributed by atoms with van der Waals surface area (Å²) < 4.78 is 13.6. The molecule has 4 heteroatoms. The van der Waals surface area contributed by atoms with E-state index in [-0.39, 0.29) is 15.6 Å². The second kappa shape index (κ2) is 6.78. The van der Waals surface area contributed by atoms with Crippen molar-refractivity contribution < 1.29 is 4.39 Å². The Bertz CT molecular complexity index is 390. The molecule has 1 aromatic rings. The number of rotatable bonds is 5. The molecule has 0 spiro atoms. The van der Waals surface area contributed by atoms with Crippen molar-refractivity contribution in [1.29, 1.82) is 0 Å². The molecule has 1 atom stereocenters. The van der Waals surface area contributed by atoms with E-state index in [0.29, 0.717) is 6.04 Å². The quantitative estimate of drug-likeness (QED) is 0.874. The van der Waals surface area contributed by atoms with Crippen molar-refractivity contribution in [3.8, 4) is 0 Å². The third-order valence-electron chi connectivity index (χ3n) is 2.62. The fraction of sp³-hybridized carbons (Fsp3) is 0.571. The maximum absolute atomic E-state index is 13.4. The zero-order chi connectivity index (χ0) is 13.8. The molecule has 102 valence electrons. The van der Waals surface area contributed by atoms with Crippen LogP contribution in [0.25, 0.3) is 0 Å². The van der Waals surface area contributed by atoms with Gasteiger partial charge in [0.05, 0.1) is 5.02 Å². The Morgan fingerprint density at radius 3 is 2.61 bits per heavy atom. The molecule has 1 N–H and O–H groups in total. The van der Waals surface area contributed by atoms with Gasteiger partial charge >= 0.3 is 0 Å². The van der Waals surface area contributed by atoms with E-state index in [9.17, 15) is 4.39 Å². The summed E-state index contributed by atoms with van der Waals surface area (Å²) in [6.07, 6.45) is 0.746. The van der Waals surface area contributed by atoms with E-state index >= 15 is 0 Å². The number of halogens is 2. The normalized spacial score (nSPS) is 13.7. The molecule has 0 bridgehead atoms. The van der Waals surface area contributed by atoms with Gasteiger partial charge in [-0.25, -0.2) is 4.39 Å². The maximum atomic E-state index is 13.4. The van der Waals surface area contributed by atoms with E-state index in [1.807, 2.05) is 24.9 Å². The molecule has 0 aliphatic rings. The number of thioether (sulfide) groups is 1. The second-order valence-electron chi connectivity index (χ2n) is 5.33. The molecule has 1 aromatic carbocycles.